The van der Waals surface area contributed by atoms with Gasteiger partial charge in [-0.3, -0.25) is 4.79 Å². The van der Waals surface area contributed by atoms with E-state index in [1.165, 1.54) is 0 Å². The van der Waals surface area contributed by atoms with E-state index in [9.17, 15) is 4.79 Å². The number of benzene rings is 2. The van der Waals surface area contributed by atoms with Crippen LogP contribution in [0.3, 0.4) is 0 Å². The number of hydrogen-bond acceptors (Lipinski definition) is 3. The first-order valence-corrected chi connectivity index (χ1v) is 7.46. The molecular formula is C17H19NO2S. The summed E-state index contributed by atoms with van der Waals surface area (Å²) in [5.41, 5.74) is 1.81. The van der Waals surface area contributed by atoms with E-state index in [2.05, 4.69) is 17.9 Å². The predicted molar refractivity (Wildman–Crippen MR) is 89.2 cm³/mol. The van der Waals surface area contributed by atoms with Crippen LogP contribution >= 0.6 is 12.6 Å². The number of nitrogens with one attached hydrogen (secondary N) is 1. The van der Waals surface area contributed by atoms with Crippen LogP contribution in [0.4, 0.5) is 5.69 Å². The number of rotatable bonds is 6. The lowest BCUT2D eigenvalue weighted by molar-refractivity contribution is -0.115. The fraction of sp³-hybridized carbons (Fsp3) is 0.235. The van der Waals surface area contributed by atoms with Gasteiger partial charge in [-0.1, -0.05) is 36.4 Å². The molecule has 3 nitrogen and oxygen atoms in total. The predicted octanol–water partition coefficient (Wildman–Crippen LogP) is 3.56. The lowest BCUT2D eigenvalue weighted by atomic mass is 10.1. The van der Waals surface area contributed by atoms with Crippen molar-refractivity contribution in [3.63, 3.8) is 0 Å². The van der Waals surface area contributed by atoms with E-state index in [0.29, 0.717) is 13.0 Å². The molecule has 0 saturated heterocycles. The van der Waals surface area contributed by atoms with Gasteiger partial charge in [-0.05, 0) is 31.0 Å². The van der Waals surface area contributed by atoms with Crippen LogP contribution < -0.4 is 10.1 Å². The molecule has 2 aromatic rings. The van der Waals surface area contributed by atoms with Crippen molar-refractivity contribution in [2.24, 2.45) is 0 Å². The molecule has 1 unspecified atom stereocenters. The summed E-state index contributed by atoms with van der Waals surface area (Å²) in [4.78, 5) is 12.2. The molecule has 0 spiro atoms. The van der Waals surface area contributed by atoms with E-state index in [1.807, 2.05) is 61.5 Å². The molecule has 110 valence electrons. The largest absolute Gasteiger partial charge is 0.494 e. The van der Waals surface area contributed by atoms with Crippen LogP contribution in [0.25, 0.3) is 0 Å². The monoisotopic (exact) mass is 301 g/mol. The summed E-state index contributed by atoms with van der Waals surface area (Å²) in [6.07, 6.45) is 0.598. The summed E-state index contributed by atoms with van der Waals surface area (Å²) >= 11 is 4.39. The molecule has 0 aliphatic rings. The molecule has 0 aromatic heterocycles. The van der Waals surface area contributed by atoms with Gasteiger partial charge in [-0.15, -0.1) is 0 Å². The van der Waals surface area contributed by atoms with E-state index >= 15 is 0 Å². The second-order valence-corrected chi connectivity index (χ2v) is 5.28. The highest BCUT2D eigenvalue weighted by Gasteiger charge is 2.14. The maximum absolute atomic E-state index is 12.2. The van der Waals surface area contributed by atoms with E-state index in [0.717, 1.165) is 17.0 Å². The molecule has 0 saturated carbocycles. The maximum Gasteiger partial charge on any atom is 0.237 e. The van der Waals surface area contributed by atoms with Crippen LogP contribution in [-0.4, -0.2) is 17.8 Å². The van der Waals surface area contributed by atoms with E-state index < -0.39 is 0 Å². The zero-order valence-corrected chi connectivity index (χ0v) is 12.8. The van der Waals surface area contributed by atoms with Crippen molar-refractivity contribution >= 4 is 24.2 Å². The number of ether oxygens (including phenoxy) is 1. The molecule has 1 N–H and O–H groups in total. The molecule has 0 heterocycles. The first-order valence-electron chi connectivity index (χ1n) is 6.94. The van der Waals surface area contributed by atoms with Gasteiger partial charge < -0.3 is 10.1 Å². The van der Waals surface area contributed by atoms with Crippen LogP contribution in [0.1, 0.15) is 12.5 Å². The second-order valence-electron chi connectivity index (χ2n) is 4.66. The summed E-state index contributed by atoms with van der Waals surface area (Å²) in [7, 11) is 0. The minimum atomic E-state index is -0.386. The lowest BCUT2D eigenvalue weighted by Gasteiger charge is -2.12. The van der Waals surface area contributed by atoms with Crippen LogP contribution in [0.2, 0.25) is 0 Å². The van der Waals surface area contributed by atoms with Crippen molar-refractivity contribution in [1.82, 2.24) is 0 Å². The van der Waals surface area contributed by atoms with Gasteiger partial charge in [0.25, 0.3) is 0 Å². The average Bonchev–Trinajstić information content (AvgIpc) is 2.49. The molecule has 0 aliphatic carbocycles. The smallest absolute Gasteiger partial charge is 0.237 e. The van der Waals surface area contributed by atoms with Crippen LogP contribution in [0, 0.1) is 0 Å². The fourth-order valence-corrected chi connectivity index (χ4v) is 2.26. The normalized spacial score (nSPS) is 11.7. The summed E-state index contributed by atoms with van der Waals surface area (Å²) in [5, 5.41) is 2.48. The van der Waals surface area contributed by atoms with Crippen LogP contribution in [0.15, 0.2) is 54.6 Å². The number of amides is 1. The number of hydrogen-bond donors (Lipinski definition) is 2. The number of anilines is 1. The molecule has 2 rings (SSSR count). The quantitative estimate of drug-likeness (QED) is 0.801. The molecule has 2 aromatic carbocycles. The lowest BCUT2D eigenvalue weighted by Crippen LogP contribution is -2.25. The zero-order chi connectivity index (χ0) is 15.1. The number of thiol groups is 1. The molecule has 0 fully saturated rings. The van der Waals surface area contributed by atoms with Gasteiger partial charge in [-0.25, -0.2) is 0 Å². The fourth-order valence-electron chi connectivity index (χ4n) is 1.99. The Morgan fingerprint density at radius 1 is 1.19 bits per heavy atom. The third kappa shape index (κ3) is 4.83. The third-order valence-corrected chi connectivity index (χ3v) is 3.40. The molecule has 21 heavy (non-hydrogen) atoms. The van der Waals surface area contributed by atoms with Gasteiger partial charge in [0.05, 0.1) is 11.9 Å². The highest BCUT2D eigenvalue weighted by molar-refractivity contribution is 7.81. The van der Waals surface area contributed by atoms with E-state index in [4.69, 9.17) is 4.74 Å². The van der Waals surface area contributed by atoms with Gasteiger partial charge in [0.2, 0.25) is 5.91 Å². The highest BCUT2D eigenvalue weighted by Crippen LogP contribution is 2.18. The molecule has 0 bridgehead atoms. The first kappa shape index (κ1) is 15.4. The van der Waals surface area contributed by atoms with Gasteiger partial charge >= 0.3 is 0 Å². The number of carbonyl (C=O) groups is 1. The third-order valence-electron chi connectivity index (χ3n) is 2.99. The molecule has 0 radical (unpaired) electrons. The molecule has 1 amide bonds. The zero-order valence-electron chi connectivity index (χ0n) is 12.0. The Morgan fingerprint density at radius 3 is 2.67 bits per heavy atom. The number of carbonyl (C=O) groups excluding carboxylic acids is 1. The van der Waals surface area contributed by atoms with Crippen molar-refractivity contribution < 1.29 is 9.53 Å². The van der Waals surface area contributed by atoms with Gasteiger partial charge in [0, 0.05) is 11.8 Å². The summed E-state index contributed by atoms with van der Waals surface area (Å²) in [6.45, 7) is 2.52. The van der Waals surface area contributed by atoms with E-state index in [1.54, 1.807) is 0 Å². The van der Waals surface area contributed by atoms with Crippen molar-refractivity contribution in [1.29, 1.82) is 0 Å². The topological polar surface area (TPSA) is 38.3 Å². The van der Waals surface area contributed by atoms with Crippen molar-refractivity contribution in [3.05, 3.63) is 60.2 Å². The minimum Gasteiger partial charge on any atom is -0.494 e. The molecule has 4 heteroatoms. The second kappa shape index (κ2) is 7.74. The summed E-state index contributed by atoms with van der Waals surface area (Å²) in [6, 6.07) is 17.2. The van der Waals surface area contributed by atoms with Gasteiger partial charge in [-0.2, -0.15) is 12.6 Å². The Hall–Kier alpha value is -1.94. The van der Waals surface area contributed by atoms with Crippen LogP contribution in [-0.2, 0) is 11.2 Å². The summed E-state index contributed by atoms with van der Waals surface area (Å²) < 4.78 is 5.41. The van der Waals surface area contributed by atoms with E-state index in [-0.39, 0.29) is 11.2 Å². The Labute approximate surface area is 130 Å². The van der Waals surface area contributed by atoms with Crippen molar-refractivity contribution in [2.45, 2.75) is 18.6 Å². The Bertz CT molecular complexity index is 586. The Kier molecular flexibility index (Phi) is 5.69. The minimum absolute atomic E-state index is 0.115. The van der Waals surface area contributed by atoms with Gasteiger partial charge in [0.1, 0.15) is 5.75 Å². The van der Waals surface area contributed by atoms with Crippen LogP contribution in [0.5, 0.6) is 5.75 Å². The van der Waals surface area contributed by atoms with Crippen molar-refractivity contribution in [2.75, 3.05) is 11.9 Å². The van der Waals surface area contributed by atoms with Gasteiger partial charge in [0.15, 0.2) is 0 Å². The Balaban J connectivity index is 1.95. The molecule has 0 aliphatic heterocycles. The Morgan fingerprint density at radius 2 is 1.95 bits per heavy atom. The highest BCUT2D eigenvalue weighted by atomic mass is 32.1. The average molecular weight is 301 g/mol. The SMILES string of the molecule is CCOc1cccc(NC(=O)C(S)Cc2ccccc2)c1. The van der Waals surface area contributed by atoms with Crippen molar-refractivity contribution in [3.8, 4) is 5.75 Å². The maximum atomic E-state index is 12.2. The first-order chi connectivity index (χ1) is 10.2. The molecule has 1 atom stereocenters. The molecular weight excluding hydrogens is 282 g/mol. The summed E-state index contributed by atoms with van der Waals surface area (Å²) in [5.74, 6) is 0.630. The standard InChI is InChI=1S/C17H19NO2S/c1-2-20-15-10-6-9-14(12-15)18-17(19)16(21)11-13-7-4-3-5-8-13/h3-10,12,16,21H,2,11H2,1H3,(H,18,19).